The number of carbonyl (C=O) groups excluding carboxylic acids is 2. The standard InChI is InChI=1S/C19H27N5O3/c1-2-9-27-16-10-13(18(25)23-12-17-21-7-8-22-17)3-4-15(16)24-19(26)14-5-6-20-11-14/h5-8,11,13,15-16,20H,2-4,9-10,12H2,1H3,(H,21,22)(H,23,25)(H,24,26)/t13-,15+,16+/m0/s1. The van der Waals surface area contributed by atoms with E-state index in [9.17, 15) is 9.59 Å². The first-order chi connectivity index (χ1) is 13.2. The molecule has 8 nitrogen and oxygen atoms in total. The highest BCUT2D eigenvalue weighted by molar-refractivity contribution is 5.94. The lowest BCUT2D eigenvalue weighted by Gasteiger charge is -2.35. The van der Waals surface area contributed by atoms with Gasteiger partial charge in [0, 0.05) is 37.3 Å². The molecule has 1 fully saturated rings. The molecule has 2 heterocycles. The van der Waals surface area contributed by atoms with Gasteiger partial charge in [-0.1, -0.05) is 6.92 Å². The number of amides is 2. The van der Waals surface area contributed by atoms with Crippen molar-refractivity contribution in [2.75, 3.05) is 6.61 Å². The molecule has 0 radical (unpaired) electrons. The number of H-pyrrole nitrogens is 2. The summed E-state index contributed by atoms with van der Waals surface area (Å²) >= 11 is 0. The van der Waals surface area contributed by atoms with Crippen LogP contribution in [0.25, 0.3) is 0 Å². The molecule has 3 rings (SSSR count). The second-order valence-electron chi connectivity index (χ2n) is 6.85. The molecule has 1 aliphatic rings. The van der Waals surface area contributed by atoms with E-state index in [1.165, 1.54) is 0 Å². The molecule has 3 atom stereocenters. The molecule has 4 N–H and O–H groups in total. The number of rotatable bonds is 8. The fourth-order valence-electron chi connectivity index (χ4n) is 3.41. The van der Waals surface area contributed by atoms with Gasteiger partial charge in [0.05, 0.1) is 24.3 Å². The van der Waals surface area contributed by atoms with Crippen molar-refractivity contribution in [3.8, 4) is 0 Å². The molecule has 0 aliphatic heterocycles. The van der Waals surface area contributed by atoms with Crippen LogP contribution < -0.4 is 10.6 Å². The Bertz CT molecular complexity index is 714. The first-order valence-corrected chi connectivity index (χ1v) is 9.48. The number of carbonyl (C=O) groups is 2. The summed E-state index contributed by atoms with van der Waals surface area (Å²) in [6, 6.07) is 1.65. The van der Waals surface area contributed by atoms with Crippen LogP contribution in [-0.2, 0) is 16.1 Å². The summed E-state index contributed by atoms with van der Waals surface area (Å²) in [7, 11) is 0. The van der Waals surface area contributed by atoms with Gasteiger partial charge < -0.3 is 25.3 Å². The van der Waals surface area contributed by atoms with Crippen molar-refractivity contribution in [1.82, 2.24) is 25.6 Å². The number of imidazole rings is 1. The predicted octanol–water partition coefficient (Wildman–Crippen LogP) is 1.75. The third-order valence-electron chi connectivity index (χ3n) is 4.86. The van der Waals surface area contributed by atoms with Crippen molar-refractivity contribution in [2.24, 2.45) is 5.92 Å². The SMILES string of the molecule is CCCO[C@@H]1C[C@@H](C(=O)NCc2ncc[nH]2)CC[C@H]1NC(=O)c1cc[nH]c1. The molecule has 146 valence electrons. The van der Waals surface area contributed by atoms with Crippen LogP contribution in [0.15, 0.2) is 30.9 Å². The van der Waals surface area contributed by atoms with Gasteiger partial charge in [-0.25, -0.2) is 4.98 Å². The lowest BCUT2D eigenvalue weighted by molar-refractivity contribution is -0.128. The minimum Gasteiger partial charge on any atom is -0.376 e. The molecule has 8 heteroatoms. The third-order valence-corrected chi connectivity index (χ3v) is 4.86. The number of aromatic amines is 2. The maximum Gasteiger partial charge on any atom is 0.253 e. The van der Waals surface area contributed by atoms with Gasteiger partial charge in [0.15, 0.2) is 0 Å². The number of hydrogen-bond acceptors (Lipinski definition) is 4. The summed E-state index contributed by atoms with van der Waals surface area (Å²) in [6.45, 7) is 3.04. The van der Waals surface area contributed by atoms with Gasteiger partial charge in [0.2, 0.25) is 5.91 Å². The monoisotopic (exact) mass is 373 g/mol. The van der Waals surface area contributed by atoms with Crippen molar-refractivity contribution in [1.29, 1.82) is 0 Å². The zero-order chi connectivity index (χ0) is 19.1. The Morgan fingerprint density at radius 3 is 2.93 bits per heavy atom. The fraction of sp³-hybridized carbons (Fsp3) is 0.526. The van der Waals surface area contributed by atoms with E-state index >= 15 is 0 Å². The largest absolute Gasteiger partial charge is 0.376 e. The van der Waals surface area contributed by atoms with Crippen molar-refractivity contribution in [3.05, 3.63) is 42.2 Å². The smallest absolute Gasteiger partial charge is 0.253 e. The van der Waals surface area contributed by atoms with Crippen LogP contribution >= 0.6 is 0 Å². The van der Waals surface area contributed by atoms with Crippen LogP contribution in [-0.4, -0.2) is 45.5 Å². The Kier molecular flexibility index (Phi) is 6.64. The van der Waals surface area contributed by atoms with Gasteiger partial charge in [-0.3, -0.25) is 9.59 Å². The number of nitrogens with zero attached hydrogens (tertiary/aromatic N) is 1. The quantitative estimate of drug-likeness (QED) is 0.565. The summed E-state index contributed by atoms with van der Waals surface area (Å²) in [5, 5.41) is 5.99. The van der Waals surface area contributed by atoms with E-state index < -0.39 is 0 Å². The molecular formula is C19H27N5O3. The Morgan fingerprint density at radius 2 is 2.22 bits per heavy atom. The maximum atomic E-state index is 12.5. The molecular weight excluding hydrogens is 346 g/mol. The van der Waals surface area contributed by atoms with Crippen molar-refractivity contribution >= 4 is 11.8 Å². The first-order valence-electron chi connectivity index (χ1n) is 9.48. The van der Waals surface area contributed by atoms with Gasteiger partial charge in [0.25, 0.3) is 5.91 Å². The van der Waals surface area contributed by atoms with Gasteiger partial charge in [-0.05, 0) is 31.7 Å². The first kappa shape index (κ1) is 19.2. The van der Waals surface area contributed by atoms with Crippen LogP contribution in [0.1, 0.15) is 48.8 Å². The lowest BCUT2D eigenvalue weighted by Crippen LogP contribution is -2.50. The topological polar surface area (TPSA) is 112 Å². The highest BCUT2D eigenvalue weighted by Crippen LogP contribution is 2.27. The zero-order valence-electron chi connectivity index (χ0n) is 15.5. The molecule has 0 bridgehead atoms. The van der Waals surface area contributed by atoms with Crippen LogP contribution in [0.5, 0.6) is 0 Å². The molecule has 2 aromatic rings. The third kappa shape index (κ3) is 5.19. The molecule has 1 aliphatic carbocycles. The Hall–Kier alpha value is -2.61. The molecule has 1 saturated carbocycles. The Balaban J connectivity index is 1.56. The summed E-state index contributed by atoms with van der Waals surface area (Å²) in [4.78, 5) is 34.9. The summed E-state index contributed by atoms with van der Waals surface area (Å²) < 4.78 is 5.97. The molecule has 27 heavy (non-hydrogen) atoms. The van der Waals surface area contributed by atoms with Gasteiger partial charge in [-0.15, -0.1) is 0 Å². The predicted molar refractivity (Wildman–Crippen MR) is 99.9 cm³/mol. The Morgan fingerprint density at radius 1 is 1.33 bits per heavy atom. The molecule has 0 aromatic carbocycles. The van der Waals surface area contributed by atoms with E-state index in [-0.39, 0.29) is 29.9 Å². The highest BCUT2D eigenvalue weighted by atomic mass is 16.5. The molecule has 2 amide bonds. The van der Waals surface area contributed by atoms with Crippen LogP contribution in [0.2, 0.25) is 0 Å². The van der Waals surface area contributed by atoms with E-state index in [4.69, 9.17) is 4.74 Å². The summed E-state index contributed by atoms with van der Waals surface area (Å²) in [5.41, 5.74) is 0.600. The fourth-order valence-corrected chi connectivity index (χ4v) is 3.41. The minimum absolute atomic E-state index is 0.00640. The van der Waals surface area contributed by atoms with Crippen LogP contribution in [0.3, 0.4) is 0 Å². The number of ether oxygens (including phenoxy) is 1. The molecule has 2 aromatic heterocycles. The molecule has 0 spiro atoms. The van der Waals surface area contributed by atoms with Crippen molar-refractivity contribution in [3.63, 3.8) is 0 Å². The minimum atomic E-state index is -0.166. The van der Waals surface area contributed by atoms with E-state index in [2.05, 4.69) is 25.6 Å². The lowest BCUT2D eigenvalue weighted by atomic mass is 9.83. The average Bonchev–Trinajstić information content (AvgIpc) is 3.39. The van der Waals surface area contributed by atoms with Gasteiger partial charge in [0.1, 0.15) is 5.82 Å². The number of aromatic nitrogens is 3. The van der Waals surface area contributed by atoms with Crippen molar-refractivity contribution < 1.29 is 14.3 Å². The molecule has 0 saturated heterocycles. The number of nitrogens with one attached hydrogen (secondary N) is 4. The highest BCUT2D eigenvalue weighted by Gasteiger charge is 2.35. The normalized spacial score (nSPS) is 22.3. The second-order valence-corrected chi connectivity index (χ2v) is 6.85. The Labute approximate surface area is 158 Å². The summed E-state index contributed by atoms with van der Waals surface area (Å²) in [6.07, 6.45) is 9.54. The van der Waals surface area contributed by atoms with Gasteiger partial charge in [-0.2, -0.15) is 0 Å². The van der Waals surface area contributed by atoms with Crippen molar-refractivity contribution in [2.45, 2.75) is 51.3 Å². The van der Waals surface area contributed by atoms with E-state index in [0.29, 0.717) is 38.0 Å². The van der Waals surface area contributed by atoms with Gasteiger partial charge >= 0.3 is 0 Å². The van der Waals surface area contributed by atoms with E-state index in [1.54, 1.807) is 30.9 Å². The van der Waals surface area contributed by atoms with E-state index in [1.807, 2.05) is 6.92 Å². The van der Waals surface area contributed by atoms with E-state index in [0.717, 1.165) is 12.2 Å². The maximum absolute atomic E-state index is 12.5. The zero-order valence-corrected chi connectivity index (χ0v) is 15.5. The summed E-state index contributed by atoms with van der Waals surface area (Å²) in [5.74, 6) is 0.496. The average molecular weight is 373 g/mol. The molecule has 0 unspecified atom stereocenters. The second kappa shape index (κ2) is 9.36. The number of hydrogen-bond donors (Lipinski definition) is 4. The van der Waals surface area contributed by atoms with Crippen LogP contribution in [0.4, 0.5) is 0 Å². The van der Waals surface area contributed by atoms with Crippen LogP contribution in [0, 0.1) is 5.92 Å².